The molecule has 0 aliphatic carbocycles. The van der Waals surface area contributed by atoms with E-state index in [9.17, 15) is 9.59 Å². The van der Waals surface area contributed by atoms with Gasteiger partial charge in [-0.1, -0.05) is 13.8 Å². The van der Waals surface area contributed by atoms with Crippen LogP contribution in [0.25, 0.3) is 0 Å². The van der Waals surface area contributed by atoms with E-state index in [0.29, 0.717) is 25.1 Å². The number of hydrogen-bond donors (Lipinski definition) is 1. The summed E-state index contributed by atoms with van der Waals surface area (Å²) in [6, 6.07) is 0.421. The summed E-state index contributed by atoms with van der Waals surface area (Å²) < 4.78 is 4.84. The minimum atomic E-state index is -0.463. The van der Waals surface area contributed by atoms with Crippen LogP contribution >= 0.6 is 0 Å². The third-order valence-corrected chi connectivity index (χ3v) is 3.59. The summed E-state index contributed by atoms with van der Waals surface area (Å²) in [5, 5.41) is 2.93. The molecule has 0 bridgehead atoms. The quantitative estimate of drug-likeness (QED) is 0.770. The topological polar surface area (TPSA) is 61.9 Å². The van der Waals surface area contributed by atoms with E-state index in [1.807, 2.05) is 0 Å². The molecule has 21 heavy (non-hydrogen) atoms. The molecular weight excluding hydrogens is 270 g/mol. The van der Waals surface area contributed by atoms with Crippen LogP contribution in [-0.4, -0.2) is 67.7 Å². The first-order valence-corrected chi connectivity index (χ1v) is 7.82. The van der Waals surface area contributed by atoms with Crippen molar-refractivity contribution in [1.29, 1.82) is 0 Å². The third kappa shape index (κ3) is 6.33. The summed E-state index contributed by atoms with van der Waals surface area (Å²) in [5.74, 6) is 0.498. The number of ether oxygens (including phenoxy) is 1. The largest absolute Gasteiger partial charge is 0.450 e. The average Bonchev–Trinajstić information content (AvgIpc) is 2.83. The molecule has 0 radical (unpaired) electrons. The van der Waals surface area contributed by atoms with E-state index in [1.165, 1.54) is 11.3 Å². The molecule has 1 heterocycles. The molecule has 1 rings (SSSR count). The minimum absolute atomic E-state index is 0.0374. The van der Waals surface area contributed by atoms with Crippen molar-refractivity contribution in [3.63, 3.8) is 0 Å². The molecule has 0 unspecified atom stereocenters. The Morgan fingerprint density at radius 3 is 2.76 bits per heavy atom. The van der Waals surface area contributed by atoms with Gasteiger partial charge < -0.3 is 15.0 Å². The highest BCUT2D eigenvalue weighted by Crippen LogP contribution is 2.17. The lowest BCUT2D eigenvalue weighted by Gasteiger charge is -2.26. The monoisotopic (exact) mass is 299 g/mol. The molecule has 1 N–H and O–H groups in total. The Morgan fingerprint density at radius 1 is 1.43 bits per heavy atom. The normalized spacial score (nSPS) is 18.8. The molecule has 0 aromatic carbocycles. The fraction of sp³-hybridized carbons (Fsp3) is 0.867. The van der Waals surface area contributed by atoms with Gasteiger partial charge in [-0.3, -0.25) is 9.69 Å². The predicted octanol–water partition coefficient (Wildman–Crippen LogP) is 1.31. The molecule has 2 amide bonds. The third-order valence-electron chi connectivity index (χ3n) is 3.59. The van der Waals surface area contributed by atoms with Gasteiger partial charge in [0.25, 0.3) is 0 Å². The van der Waals surface area contributed by atoms with Gasteiger partial charge in [0.1, 0.15) is 6.54 Å². The number of likely N-dealkylation sites (N-methyl/N-ethyl adjacent to an activating group) is 1. The molecule has 6 heteroatoms. The summed E-state index contributed by atoms with van der Waals surface area (Å²) in [7, 11) is 1.57. The van der Waals surface area contributed by atoms with Crippen molar-refractivity contribution in [2.75, 3.05) is 39.8 Å². The zero-order chi connectivity index (χ0) is 15.8. The van der Waals surface area contributed by atoms with Crippen LogP contribution in [0.3, 0.4) is 0 Å². The molecule has 0 saturated carbocycles. The number of carbonyl (C=O) groups excluding carboxylic acids is 2. The van der Waals surface area contributed by atoms with Crippen molar-refractivity contribution in [2.24, 2.45) is 5.92 Å². The van der Waals surface area contributed by atoms with Gasteiger partial charge in [-0.15, -0.1) is 0 Å². The molecule has 1 saturated heterocycles. The maximum absolute atomic E-state index is 11.9. The Hall–Kier alpha value is -1.30. The molecule has 0 spiro atoms. The van der Waals surface area contributed by atoms with Crippen LogP contribution < -0.4 is 5.32 Å². The Morgan fingerprint density at radius 2 is 2.14 bits per heavy atom. The van der Waals surface area contributed by atoms with E-state index in [1.54, 1.807) is 14.0 Å². The Balaban J connectivity index is 2.30. The van der Waals surface area contributed by atoms with Gasteiger partial charge >= 0.3 is 6.09 Å². The van der Waals surface area contributed by atoms with Gasteiger partial charge in [0.15, 0.2) is 0 Å². The Labute approximate surface area is 127 Å². The average molecular weight is 299 g/mol. The SMILES string of the molecule is CCOC(=O)N(C)CC(=O)NC[C@H]1CCCN1CC(C)C. The van der Waals surface area contributed by atoms with Crippen LogP contribution in [0.5, 0.6) is 0 Å². The summed E-state index contributed by atoms with van der Waals surface area (Å²) in [6.45, 7) is 9.36. The summed E-state index contributed by atoms with van der Waals surface area (Å²) in [4.78, 5) is 27.0. The lowest BCUT2D eigenvalue weighted by atomic mass is 10.1. The van der Waals surface area contributed by atoms with Crippen LogP contribution in [0.15, 0.2) is 0 Å². The van der Waals surface area contributed by atoms with Crippen molar-refractivity contribution in [3.8, 4) is 0 Å². The molecule has 1 fully saturated rings. The second kappa shape index (κ2) is 8.87. The number of nitrogens with one attached hydrogen (secondary N) is 1. The lowest BCUT2D eigenvalue weighted by Crippen LogP contribution is -2.45. The lowest BCUT2D eigenvalue weighted by molar-refractivity contribution is -0.121. The molecule has 122 valence electrons. The maximum Gasteiger partial charge on any atom is 0.409 e. The second-order valence-electron chi connectivity index (χ2n) is 6.04. The highest BCUT2D eigenvalue weighted by Gasteiger charge is 2.25. The van der Waals surface area contributed by atoms with Gasteiger partial charge in [0.05, 0.1) is 6.61 Å². The first kappa shape index (κ1) is 17.8. The van der Waals surface area contributed by atoms with E-state index >= 15 is 0 Å². The fourth-order valence-corrected chi connectivity index (χ4v) is 2.64. The number of hydrogen-bond acceptors (Lipinski definition) is 4. The van der Waals surface area contributed by atoms with Crippen molar-refractivity contribution in [2.45, 2.75) is 39.7 Å². The van der Waals surface area contributed by atoms with Crippen LogP contribution in [0.2, 0.25) is 0 Å². The molecule has 1 aliphatic heterocycles. The standard InChI is InChI=1S/C15H29N3O3/c1-5-21-15(20)17(4)11-14(19)16-9-13-7-6-8-18(13)10-12(2)3/h12-13H,5-11H2,1-4H3,(H,16,19)/t13-/m1/s1. The zero-order valence-corrected chi connectivity index (χ0v) is 13.7. The molecule has 0 aromatic rings. The summed E-state index contributed by atoms with van der Waals surface area (Å²) in [6.07, 6.45) is 1.85. The van der Waals surface area contributed by atoms with Gasteiger partial charge in [0, 0.05) is 26.2 Å². The van der Waals surface area contributed by atoms with E-state index < -0.39 is 6.09 Å². The zero-order valence-electron chi connectivity index (χ0n) is 13.7. The Bertz CT molecular complexity index is 347. The smallest absolute Gasteiger partial charge is 0.409 e. The van der Waals surface area contributed by atoms with Gasteiger partial charge in [-0.25, -0.2) is 4.79 Å². The van der Waals surface area contributed by atoms with E-state index in [-0.39, 0.29) is 12.5 Å². The number of amides is 2. The van der Waals surface area contributed by atoms with Crippen molar-refractivity contribution in [1.82, 2.24) is 15.1 Å². The number of carbonyl (C=O) groups is 2. The minimum Gasteiger partial charge on any atom is -0.450 e. The highest BCUT2D eigenvalue weighted by molar-refractivity contribution is 5.82. The molecule has 0 aromatic heterocycles. The van der Waals surface area contributed by atoms with E-state index in [4.69, 9.17) is 4.74 Å². The number of rotatable bonds is 7. The van der Waals surface area contributed by atoms with Gasteiger partial charge in [0.2, 0.25) is 5.91 Å². The maximum atomic E-state index is 11.9. The van der Waals surface area contributed by atoms with Crippen LogP contribution in [0, 0.1) is 5.92 Å². The van der Waals surface area contributed by atoms with Crippen LogP contribution in [-0.2, 0) is 9.53 Å². The second-order valence-corrected chi connectivity index (χ2v) is 6.04. The van der Waals surface area contributed by atoms with Crippen LogP contribution in [0.4, 0.5) is 4.79 Å². The fourth-order valence-electron chi connectivity index (χ4n) is 2.64. The summed E-state index contributed by atoms with van der Waals surface area (Å²) in [5.41, 5.74) is 0. The van der Waals surface area contributed by atoms with Crippen molar-refractivity contribution in [3.05, 3.63) is 0 Å². The molecule has 1 atom stereocenters. The summed E-state index contributed by atoms with van der Waals surface area (Å²) >= 11 is 0. The van der Waals surface area contributed by atoms with E-state index in [2.05, 4.69) is 24.1 Å². The Kier molecular flexibility index (Phi) is 7.50. The molecular formula is C15H29N3O3. The highest BCUT2D eigenvalue weighted by atomic mass is 16.6. The molecule has 6 nitrogen and oxygen atoms in total. The molecule has 1 aliphatic rings. The van der Waals surface area contributed by atoms with Crippen molar-refractivity contribution < 1.29 is 14.3 Å². The number of likely N-dealkylation sites (tertiary alicyclic amines) is 1. The van der Waals surface area contributed by atoms with Crippen molar-refractivity contribution >= 4 is 12.0 Å². The van der Waals surface area contributed by atoms with Crippen LogP contribution in [0.1, 0.15) is 33.6 Å². The predicted molar refractivity (Wildman–Crippen MR) is 82.1 cm³/mol. The first-order chi connectivity index (χ1) is 9.93. The number of nitrogens with zero attached hydrogens (tertiary/aromatic N) is 2. The van der Waals surface area contributed by atoms with E-state index in [0.717, 1.165) is 19.5 Å². The first-order valence-electron chi connectivity index (χ1n) is 7.82. The van der Waals surface area contributed by atoms with Gasteiger partial charge in [-0.2, -0.15) is 0 Å². The van der Waals surface area contributed by atoms with Gasteiger partial charge in [-0.05, 0) is 32.2 Å².